The van der Waals surface area contributed by atoms with Crippen molar-refractivity contribution < 1.29 is 33.6 Å². The zero-order valence-corrected chi connectivity index (χ0v) is 18.4. The maximum Gasteiger partial charge on any atom is 0.337 e. The molecule has 0 spiro atoms. The lowest BCUT2D eigenvalue weighted by Crippen LogP contribution is -2.61. The minimum Gasteiger partial charge on any atom is -0.467 e. The zero-order chi connectivity index (χ0) is 22.4. The first-order valence-electron chi connectivity index (χ1n) is 9.86. The van der Waals surface area contributed by atoms with Gasteiger partial charge in [-0.3, -0.25) is 4.79 Å². The number of aryl methyl sites for hydroxylation is 1. The normalized spacial score (nSPS) is 25.6. The van der Waals surface area contributed by atoms with Gasteiger partial charge in [0.1, 0.15) is 17.6 Å². The number of methoxy groups -OCH3 is 1. The van der Waals surface area contributed by atoms with Gasteiger partial charge in [-0.1, -0.05) is 59.8 Å². The fraction of sp³-hybridized carbons (Fsp3) is 0.391. The second-order valence-corrected chi connectivity index (χ2v) is 8.38. The van der Waals surface area contributed by atoms with Crippen molar-refractivity contribution in [2.75, 3.05) is 7.11 Å². The number of aliphatic hydroxyl groups excluding tert-OH is 1. The molecule has 1 fully saturated rings. The third-order valence-electron chi connectivity index (χ3n) is 4.81. The van der Waals surface area contributed by atoms with Crippen molar-refractivity contribution in [3.63, 3.8) is 0 Å². The Morgan fingerprint density at radius 1 is 1.06 bits per heavy atom. The van der Waals surface area contributed by atoms with Gasteiger partial charge in [0.25, 0.3) is 0 Å². The highest BCUT2D eigenvalue weighted by Crippen LogP contribution is 2.37. The van der Waals surface area contributed by atoms with E-state index in [4.69, 9.17) is 18.9 Å². The number of ether oxygens (including phenoxy) is 4. The first kappa shape index (κ1) is 23.3. The SMILES string of the molecule is COC(=O)C1O[C@@H](Sc2ccc(C)cc2)C(OC(C)=O)[C@H](OCc2ccccc2)[C@@H]1O. The molecule has 0 aliphatic carbocycles. The van der Waals surface area contributed by atoms with Crippen LogP contribution in [-0.4, -0.2) is 54.0 Å². The third kappa shape index (κ3) is 6.07. The van der Waals surface area contributed by atoms with Crippen LogP contribution in [0, 0.1) is 6.92 Å². The molecule has 0 radical (unpaired) electrons. The Bertz CT molecular complexity index is 871. The number of carbonyl (C=O) groups excluding carboxylic acids is 2. The van der Waals surface area contributed by atoms with Crippen LogP contribution in [0.3, 0.4) is 0 Å². The van der Waals surface area contributed by atoms with Crippen molar-refractivity contribution in [3.05, 3.63) is 65.7 Å². The van der Waals surface area contributed by atoms with E-state index in [2.05, 4.69) is 0 Å². The number of rotatable bonds is 7. The fourth-order valence-electron chi connectivity index (χ4n) is 3.26. The Hall–Kier alpha value is -2.39. The average Bonchev–Trinajstić information content (AvgIpc) is 2.76. The van der Waals surface area contributed by atoms with Gasteiger partial charge in [-0.05, 0) is 24.6 Å². The minimum absolute atomic E-state index is 0.163. The van der Waals surface area contributed by atoms with Gasteiger partial charge >= 0.3 is 11.9 Å². The first-order valence-corrected chi connectivity index (χ1v) is 10.7. The van der Waals surface area contributed by atoms with Crippen LogP contribution in [0.5, 0.6) is 0 Å². The van der Waals surface area contributed by atoms with Gasteiger partial charge in [0.2, 0.25) is 0 Å². The number of hydrogen-bond acceptors (Lipinski definition) is 8. The molecule has 1 aliphatic heterocycles. The maximum absolute atomic E-state index is 12.3. The van der Waals surface area contributed by atoms with E-state index in [-0.39, 0.29) is 6.61 Å². The lowest BCUT2D eigenvalue weighted by molar-refractivity contribution is -0.231. The smallest absolute Gasteiger partial charge is 0.337 e. The van der Waals surface area contributed by atoms with Crippen molar-refractivity contribution in [3.8, 4) is 0 Å². The Labute approximate surface area is 185 Å². The molecule has 5 atom stereocenters. The summed E-state index contributed by atoms with van der Waals surface area (Å²) in [5, 5.41) is 10.9. The van der Waals surface area contributed by atoms with Gasteiger partial charge in [-0.15, -0.1) is 0 Å². The molecular formula is C23H26O7S. The summed E-state index contributed by atoms with van der Waals surface area (Å²) in [5.74, 6) is -1.27. The summed E-state index contributed by atoms with van der Waals surface area (Å²) in [6.45, 7) is 3.42. The summed E-state index contributed by atoms with van der Waals surface area (Å²) in [7, 11) is 1.22. The van der Waals surface area contributed by atoms with E-state index in [0.29, 0.717) is 0 Å². The predicted molar refractivity (Wildman–Crippen MR) is 114 cm³/mol. The van der Waals surface area contributed by atoms with Crippen LogP contribution in [0.15, 0.2) is 59.5 Å². The van der Waals surface area contributed by atoms with Gasteiger partial charge in [-0.25, -0.2) is 4.79 Å². The molecule has 1 aliphatic rings. The molecule has 1 N–H and O–H groups in total. The van der Waals surface area contributed by atoms with Gasteiger partial charge in [0, 0.05) is 11.8 Å². The lowest BCUT2D eigenvalue weighted by atomic mass is 9.99. The monoisotopic (exact) mass is 446 g/mol. The number of esters is 2. The van der Waals surface area contributed by atoms with E-state index in [1.54, 1.807) is 0 Å². The molecule has 0 amide bonds. The molecular weight excluding hydrogens is 420 g/mol. The van der Waals surface area contributed by atoms with Gasteiger partial charge in [0.15, 0.2) is 12.2 Å². The first-order chi connectivity index (χ1) is 14.9. The van der Waals surface area contributed by atoms with Crippen molar-refractivity contribution in [2.45, 2.75) is 55.2 Å². The highest BCUT2D eigenvalue weighted by molar-refractivity contribution is 7.99. The van der Waals surface area contributed by atoms with Crippen molar-refractivity contribution in [2.24, 2.45) is 0 Å². The molecule has 2 aromatic rings. The Kier molecular flexibility index (Phi) is 8.09. The Balaban J connectivity index is 1.88. The van der Waals surface area contributed by atoms with E-state index in [0.717, 1.165) is 16.0 Å². The number of hydrogen-bond donors (Lipinski definition) is 1. The highest BCUT2D eigenvalue weighted by atomic mass is 32.2. The topological polar surface area (TPSA) is 91.3 Å². The zero-order valence-electron chi connectivity index (χ0n) is 17.6. The van der Waals surface area contributed by atoms with Crippen molar-refractivity contribution in [1.82, 2.24) is 0 Å². The van der Waals surface area contributed by atoms with Crippen LogP contribution in [0.1, 0.15) is 18.1 Å². The predicted octanol–water partition coefficient (Wildman–Crippen LogP) is 2.86. The molecule has 0 aromatic heterocycles. The van der Waals surface area contributed by atoms with Gasteiger partial charge < -0.3 is 24.1 Å². The van der Waals surface area contributed by atoms with Gasteiger partial charge in [0.05, 0.1) is 13.7 Å². The van der Waals surface area contributed by atoms with Crippen molar-refractivity contribution >= 4 is 23.7 Å². The second-order valence-electron chi connectivity index (χ2n) is 7.20. The number of thioether (sulfide) groups is 1. The molecule has 7 nitrogen and oxygen atoms in total. The van der Waals surface area contributed by atoms with Crippen LogP contribution in [0.2, 0.25) is 0 Å². The highest BCUT2D eigenvalue weighted by Gasteiger charge is 2.51. The molecule has 0 bridgehead atoms. The Morgan fingerprint density at radius 2 is 1.74 bits per heavy atom. The molecule has 1 heterocycles. The number of carbonyl (C=O) groups is 2. The van der Waals surface area contributed by atoms with Crippen LogP contribution in [0.25, 0.3) is 0 Å². The van der Waals surface area contributed by atoms with Crippen LogP contribution >= 0.6 is 11.8 Å². The van der Waals surface area contributed by atoms with E-state index in [9.17, 15) is 14.7 Å². The third-order valence-corrected chi connectivity index (χ3v) is 5.97. The van der Waals surface area contributed by atoms with E-state index in [1.165, 1.54) is 25.8 Å². The minimum atomic E-state index is -1.38. The lowest BCUT2D eigenvalue weighted by Gasteiger charge is -2.42. The molecule has 1 saturated heterocycles. The summed E-state index contributed by atoms with van der Waals surface area (Å²) in [6, 6.07) is 17.1. The van der Waals surface area contributed by atoms with E-state index in [1.807, 2.05) is 61.5 Å². The second kappa shape index (κ2) is 10.8. The molecule has 2 unspecified atom stereocenters. The molecule has 2 aromatic carbocycles. The largest absolute Gasteiger partial charge is 0.467 e. The fourth-order valence-corrected chi connectivity index (χ4v) is 4.34. The van der Waals surface area contributed by atoms with E-state index >= 15 is 0 Å². The Morgan fingerprint density at radius 3 is 2.35 bits per heavy atom. The maximum atomic E-state index is 12.3. The molecule has 166 valence electrons. The molecule has 31 heavy (non-hydrogen) atoms. The summed E-state index contributed by atoms with van der Waals surface area (Å²) in [5.41, 5.74) is 1.18. The molecule has 3 rings (SSSR count). The van der Waals surface area contributed by atoms with Crippen LogP contribution in [-0.2, 0) is 35.1 Å². The quantitative estimate of drug-likeness (QED) is 0.650. The summed E-state index contributed by atoms with van der Waals surface area (Å²) in [6.07, 6.45) is -4.59. The molecule has 8 heteroatoms. The standard InChI is InChI=1S/C23H26O7S/c1-14-9-11-17(12-10-14)31-23-21(29-15(2)24)19(18(25)20(30-23)22(26)27-3)28-13-16-7-5-4-6-8-16/h4-12,18-21,23,25H,13H2,1-3H3/t18-,19+,20?,21?,23-/m0/s1. The van der Waals surface area contributed by atoms with Gasteiger partial charge in [-0.2, -0.15) is 0 Å². The van der Waals surface area contributed by atoms with E-state index < -0.39 is 41.8 Å². The van der Waals surface area contributed by atoms with Crippen molar-refractivity contribution in [1.29, 1.82) is 0 Å². The summed E-state index contributed by atoms with van der Waals surface area (Å²) < 4.78 is 22.2. The van der Waals surface area contributed by atoms with Crippen LogP contribution < -0.4 is 0 Å². The number of aliphatic hydroxyl groups is 1. The number of benzene rings is 2. The summed E-state index contributed by atoms with van der Waals surface area (Å²) >= 11 is 1.28. The molecule has 0 saturated carbocycles. The summed E-state index contributed by atoms with van der Waals surface area (Å²) in [4.78, 5) is 25.0. The van der Waals surface area contributed by atoms with Crippen LogP contribution in [0.4, 0.5) is 0 Å². The average molecular weight is 447 g/mol.